The van der Waals surface area contributed by atoms with Crippen LogP contribution in [0.4, 0.5) is 5.82 Å². The molecular formula is C20H20N6O2S2. The molecule has 1 aliphatic heterocycles. The molecule has 1 aliphatic rings. The van der Waals surface area contributed by atoms with Crippen LogP contribution < -0.4 is 9.62 Å². The maximum Gasteiger partial charge on any atom is 0.254 e. The zero-order chi connectivity index (χ0) is 20.6. The summed E-state index contributed by atoms with van der Waals surface area (Å²) in [6.07, 6.45) is 2.93. The molecule has 5 rings (SSSR count). The second-order valence-corrected chi connectivity index (χ2v) is 10.0. The molecule has 4 heterocycles. The topological polar surface area (TPSA) is 92.5 Å². The highest BCUT2D eigenvalue weighted by Gasteiger charge is 2.26. The van der Waals surface area contributed by atoms with Crippen LogP contribution in [0.5, 0.6) is 0 Å². The van der Waals surface area contributed by atoms with Gasteiger partial charge in [0.25, 0.3) is 5.78 Å². The standard InChI is InChI=1S/C20H20N6O2S2/c27-30(28,19-7-4-12-29-19)24-16-8-10-25(11-9-16)18-13-17(15-5-2-1-3-6-15)23-20-21-14-22-26(18)20/h1-7,12-14,16,24H,8-11H2. The molecule has 3 aromatic heterocycles. The Morgan fingerprint density at radius 3 is 2.60 bits per heavy atom. The summed E-state index contributed by atoms with van der Waals surface area (Å²) in [6.45, 7) is 1.43. The van der Waals surface area contributed by atoms with Gasteiger partial charge in [-0.25, -0.2) is 18.1 Å². The van der Waals surface area contributed by atoms with Crippen LogP contribution in [0.3, 0.4) is 0 Å². The van der Waals surface area contributed by atoms with E-state index in [0.717, 1.165) is 17.1 Å². The highest BCUT2D eigenvalue weighted by Crippen LogP contribution is 2.26. The summed E-state index contributed by atoms with van der Waals surface area (Å²) in [5, 5.41) is 6.10. The normalized spacial score (nSPS) is 15.7. The second-order valence-electron chi connectivity index (χ2n) is 7.15. The monoisotopic (exact) mass is 440 g/mol. The van der Waals surface area contributed by atoms with Crippen molar-refractivity contribution < 1.29 is 8.42 Å². The van der Waals surface area contributed by atoms with E-state index < -0.39 is 10.0 Å². The predicted octanol–water partition coefficient (Wildman–Crippen LogP) is 2.80. The first-order chi connectivity index (χ1) is 14.6. The number of nitrogens with zero attached hydrogens (tertiary/aromatic N) is 5. The number of benzene rings is 1. The minimum atomic E-state index is -3.45. The van der Waals surface area contributed by atoms with E-state index in [9.17, 15) is 8.42 Å². The molecule has 0 radical (unpaired) electrons. The van der Waals surface area contributed by atoms with Gasteiger partial charge in [0.05, 0.1) is 5.69 Å². The van der Waals surface area contributed by atoms with Crippen molar-refractivity contribution >= 4 is 33.0 Å². The molecule has 0 spiro atoms. The summed E-state index contributed by atoms with van der Waals surface area (Å²) in [4.78, 5) is 11.1. The summed E-state index contributed by atoms with van der Waals surface area (Å²) >= 11 is 1.23. The first-order valence-corrected chi connectivity index (χ1v) is 12.0. The molecule has 1 aromatic carbocycles. The van der Waals surface area contributed by atoms with Crippen LogP contribution in [0, 0.1) is 0 Å². The zero-order valence-corrected chi connectivity index (χ0v) is 17.7. The van der Waals surface area contributed by atoms with Crippen molar-refractivity contribution in [1.29, 1.82) is 0 Å². The predicted molar refractivity (Wildman–Crippen MR) is 116 cm³/mol. The number of hydrogen-bond donors (Lipinski definition) is 1. The largest absolute Gasteiger partial charge is 0.356 e. The number of rotatable bonds is 5. The van der Waals surface area contributed by atoms with E-state index in [1.165, 1.54) is 17.7 Å². The molecule has 0 amide bonds. The first kappa shape index (κ1) is 19.2. The van der Waals surface area contributed by atoms with Gasteiger partial charge in [-0.2, -0.15) is 14.6 Å². The number of anilines is 1. The Kier molecular flexibility index (Phi) is 4.97. The molecule has 10 heteroatoms. The number of thiophene rings is 1. The van der Waals surface area contributed by atoms with Gasteiger partial charge in [-0.05, 0) is 24.3 Å². The van der Waals surface area contributed by atoms with Gasteiger partial charge in [-0.3, -0.25) is 0 Å². The Morgan fingerprint density at radius 2 is 1.87 bits per heavy atom. The van der Waals surface area contributed by atoms with E-state index in [4.69, 9.17) is 0 Å². The van der Waals surface area contributed by atoms with Gasteiger partial charge in [0.15, 0.2) is 0 Å². The Morgan fingerprint density at radius 1 is 1.07 bits per heavy atom. The fraction of sp³-hybridized carbons (Fsp3) is 0.250. The van der Waals surface area contributed by atoms with E-state index >= 15 is 0 Å². The molecule has 30 heavy (non-hydrogen) atoms. The van der Waals surface area contributed by atoms with Crippen molar-refractivity contribution in [3.63, 3.8) is 0 Å². The third kappa shape index (κ3) is 3.69. The molecule has 1 saturated heterocycles. The van der Waals surface area contributed by atoms with Crippen LogP contribution >= 0.6 is 11.3 Å². The van der Waals surface area contributed by atoms with E-state index in [0.29, 0.717) is 35.9 Å². The van der Waals surface area contributed by atoms with Crippen LogP contribution in [0.15, 0.2) is 64.4 Å². The zero-order valence-electron chi connectivity index (χ0n) is 16.0. The maximum absolute atomic E-state index is 12.5. The fourth-order valence-corrected chi connectivity index (χ4v) is 6.01. The van der Waals surface area contributed by atoms with E-state index in [1.807, 2.05) is 36.4 Å². The third-order valence-electron chi connectivity index (χ3n) is 5.20. The Bertz CT molecular complexity index is 1250. The van der Waals surface area contributed by atoms with Crippen LogP contribution in [-0.4, -0.2) is 47.1 Å². The molecule has 8 nitrogen and oxygen atoms in total. The van der Waals surface area contributed by atoms with Gasteiger partial charge in [-0.1, -0.05) is 36.4 Å². The van der Waals surface area contributed by atoms with Crippen molar-refractivity contribution in [3.05, 3.63) is 60.2 Å². The number of hydrogen-bond acceptors (Lipinski definition) is 7. The molecule has 1 fully saturated rings. The van der Waals surface area contributed by atoms with Crippen LogP contribution in [-0.2, 0) is 10.0 Å². The number of fused-ring (bicyclic) bond motifs is 1. The molecule has 154 valence electrons. The van der Waals surface area contributed by atoms with Crippen molar-refractivity contribution in [2.75, 3.05) is 18.0 Å². The molecular weight excluding hydrogens is 420 g/mol. The third-order valence-corrected chi connectivity index (χ3v) is 8.12. The summed E-state index contributed by atoms with van der Waals surface area (Å²) in [5.41, 5.74) is 1.86. The Hall–Kier alpha value is -2.82. The number of sulfonamides is 1. The van der Waals surface area contributed by atoms with Crippen LogP contribution in [0.2, 0.25) is 0 Å². The van der Waals surface area contributed by atoms with Gasteiger partial charge in [-0.15, -0.1) is 11.3 Å². The highest BCUT2D eigenvalue weighted by molar-refractivity contribution is 7.91. The van der Waals surface area contributed by atoms with E-state index in [1.54, 1.807) is 22.0 Å². The number of piperidine rings is 1. The lowest BCUT2D eigenvalue weighted by Crippen LogP contribution is -2.45. The smallest absolute Gasteiger partial charge is 0.254 e. The van der Waals surface area contributed by atoms with E-state index in [-0.39, 0.29) is 6.04 Å². The average molecular weight is 441 g/mol. The lowest BCUT2D eigenvalue weighted by molar-refractivity contribution is 0.457. The molecule has 0 atom stereocenters. The minimum absolute atomic E-state index is 0.0879. The molecule has 0 saturated carbocycles. The molecule has 1 N–H and O–H groups in total. The highest BCUT2D eigenvalue weighted by atomic mass is 32.2. The summed E-state index contributed by atoms with van der Waals surface area (Å²) in [6, 6.07) is 15.3. The molecule has 0 aliphatic carbocycles. The Labute approximate surface area is 178 Å². The van der Waals surface area contributed by atoms with Crippen molar-refractivity contribution in [2.24, 2.45) is 0 Å². The molecule has 4 aromatic rings. The van der Waals surface area contributed by atoms with Crippen LogP contribution in [0.25, 0.3) is 17.0 Å². The average Bonchev–Trinajstić information content (AvgIpc) is 3.46. The first-order valence-electron chi connectivity index (χ1n) is 9.67. The summed E-state index contributed by atoms with van der Waals surface area (Å²) in [7, 11) is -3.45. The fourth-order valence-electron chi connectivity index (χ4n) is 3.70. The lowest BCUT2D eigenvalue weighted by atomic mass is 10.1. The quantitative estimate of drug-likeness (QED) is 0.513. The minimum Gasteiger partial charge on any atom is -0.356 e. The van der Waals surface area contributed by atoms with Gasteiger partial charge < -0.3 is 4.90 Å². The van der Waals surface area contributed by atoms with Gasteiger partial charge in [0, 0.05) is 30.8 Å². The van der Waals surface area contributed by atoms with Gasteiger partial charge in [0.1, 0.15) is 16.4 Å². The van der Waals surface area contributed by atoms with Crippen molar-refractivity contribution in [2.45, 2.75) is 23.1 Å². The van der Waals surface area contributed by atoms with Crippen LogP contribution in [0.1, 0.15) is 12.8 Å². The lowest BCUT2D eigenvalue weighted by Gasteiger charge is -2.33. The second kappa shape index (κ2) is 7.78. The summed E-state index contributed by atoms with van der Waals surface area (Å²) in [5.74, 6) is 1.46. The SMILES string of the molecule is O=S(=O)(NC1CCN(c2cc(-c3ccccc3)nc3ncnn23)CC1)c1cccs1. The number of aromatic nitrogens is 4. The summed E-state index contributed by atoms with van der Waals surface area (Å²) < 4.78 is 30.0. The maximum atomic E-state index is 12.5. The van der Waals surface area contributed by atoms with Gasteiger partial charge >= 0.3 is 0 Å². The van der Waals surface area contributed by atoms with E-state index in [2.05, 4.69) is 24.7 Å². The van der Waals surface area contributed by atoms with Crippen molar-refractivity contribution in [1.82, 2.24) is 24.3 Å². The Balaban J connectivity index is 1.37. The number of nitrogens with one attached hydrogen (secondary N) is 1. The van der Waals surface area contributed by atoms with Crippen molar-refractivity contribution in [3.8, 4) is 11.3 Å². The van der Waals surface area contributed by atoms with Gasteiger partial charge in [0.2, 0.25) is 10.0 Å². The molecule has 0 bridgehead atoms. The molecule has 0 unspecified atom stereocenters.